The normalized spacial score (nSPS) is 15.9. The van der Waals surface area contributed by atoms with Crippen molar-refractivity contribution in [1.82, 2.24) is 5.32 Å². The summed E-state index contributed by atoms with van der Waals surface area (Å²) >= 11 is 0. The molecule has 1 aliphatic rings. The van der Waals surface area contributed by atoms with Crippen molar-refractivity contribution < 1.29 is 13.9 Å². The zero-order chi connectivity index (χ0) is 13.9. The molecule has 1 fully saturated rings. The van der Waals surface area contributed by atoms with Crippen LogP contribution in [0, 0.1) is 11.2 Å². The SMILES string of the molecule is CCOc1ccc(NC(=O)C2(CNC)CC2)cc1F. The summed E-state index contributed by atoms with van der Waals surface area (Å²) in [5.41, 5.74) is 0.150. The Labute approximate surface area is 112 Å². The molecule has 1 amide bonds. The third kappa shape index (κ3) is 3.04. The van der Waals surface area contributed by atoms with Crippen LogP contribution < -0.4 is 15.4 Å². The van der Waals surface area contributed by atoms with Gasteiger partial charge in [-0.25, -0.2) is 4.39 Å². The molecule has 2 rings (SSSR count). The van der Waals surface area contributed by atoms with Crippen molar-refractivity contribution in [3.63, 3.8) is 0 Å². The van der Waals surface area contributed by atoms with E-state index < -0.39 is 5.82 Å². The lowest BCUT2D eigenvalue weighted by Crippen LogP contribution is -2.32. The van der Waals surface area contributed by atoms with Crippen LogP contribution in [0.25, 0.3) is 0 Å². The molecule has 5 heteroatoms. The Balaban J connectivity index is 2.03. The molecule has 19 heavy (non-hydrogen) atoms. The second-order valence-electron chi connectivity index (χ2n) is 4.84. The van der Waals surface area contributed by atoms with Crippen LogP contribution in [0.3, 0.4) is 0 Å². The van der Waals surface area contributed by atoms with Gasteiger partial charge in [0.05, 0.1) is 12.0 Å². The summed E-state index contributed by atoms with van der Waals surface area (Å²) in [7, 11) is 1.82. The highest BCUT2D eigenvalue weighted by Gasteiger charge is 2.49. The van der Waals surface area contributed by atoms with Crippen LogP contribution in [0.4, 0.5) is 10.1 Å². The van der Waals surface area contributed by atoms with Crippen LogP contribution in [0.2, 0.25) is 0 Å². The fourth-order valence-corrected chi connectivity index (χ4v) is 2.09. The van der Waals surface area contributed by atoms with E-state index in [4.69, 9.17) is 4.74 Å². The highest BCUT2D eigenvalue weighted by molar-refractivity contribution is 5.97. The molecule has 0 spiro atoms. The van der Waals surface area contributed by atoms with Crippen molar-refractivity contribution in [1.29, 1.82) is 0 Å². The van der Waals surface area contributed by atoms with Crippen LogP contribution in [0.15, 0.2) is 18.2 Å². The molecule has 0 atom stereocenters. The molecule has 0 heterocycles. The Kier molecular flexibility index (Phi) is 4.04. The minimum absolute atomic E-state index is 0.0505. The van der Waals surface area contributed by atoms with Crippen LogP contribution in [-0.2, 0) is 4.79 Å². The standard InChI is InChI=1S/C14H19FN2O2/c1-3-19-12-5-4-10(8-11(12)15)17-13(18)14(6-7-14)9-16-2/h4-5,8,16H,3,6-7,9H2,1-2H3,(H,17,18). The zero-order valence-electron chi connectivity index (χ0n) is 11.3. The van der Waals surface area contributed by atoms with E-state index in [-0.39, 0.29) is 17.1 Å². The first kappa shape index (κ1) is 13.8. The number of anilines is 1. The molecule has 0 aromatic heterocycles. The van der Waals surface area contributed by atoms with E-state index in [0.717, 1.165) is 12.8 Å². The largest absolute Gasteiger partial charge is 0.491 e. The fraction of sp³-hybridized carbons (Fsp3) is 0.500. The topological polar surface area (TPSA) is 50.4 Å². The van der Waals surface area contributed by atoms with Crippen LogP contribution >= 0.6 is 0 Å². The first-order valence-corrected chi connectivity index (χ1v) is 6.50. The van der Waals surface area contributed by atoms with Gasteiger partial charge in [-0.3, -0.25) is 4.79 Å². The summed E-state index contributed by atoms with van der Waals surface area (Å²) < 4.78 is 18.8. The van der Waals surface area contributed by atoms with Gasteiger partial charge in [-0.2, -0.15) is 0 Å². The number of benzene rings is 1. The second kappa shape index (κ2) is 5.57. The van der Waals surface area contributed by atoms with Gasteiger partial charge in [-0.05, 0) is 38.9 Å². The van der Waals surface area contributed by atoms with Gasteiger partial charge in [0.25, 0.3) is 0 Å². The average molecular weight is 266 g/mol. The average Bonchev–Trinajstić information content (AvgIpc) is 3.14. The van der Waals surface area contributed by atoms with Gasteiger partial charge in [0, 0.05) is 18.3 Å². The molecule has 0 aliphatic heterocycles. The quantitative estimate of drug-likeness (QED) is 0.829. The van der Waals surface area contributed by atoms with Crippen molar-refractivity contribution in [2.24, 2.45) is 5.41 Å². The highest BCUT2D eigenvalue weighted by atomic mass is 19.1. The number of halogens is 1. The van der Waals surface area contributed by atoms with E-state index in [1.165, 1.54) is 12.1 Å². The molecule has 1 aliphatic carbocycles. The molecule has 1 saturated carbocycles. The number of nitrogens with one attached hydrogen (secondary N) is 2. The van der Waals surface area contributed by atoms with E-state index in [0.29, 0.717) is 18.8 Å². The molecular weight excluding hydrogens is 247 g/mol. The minimum atomic E-state index is -0.460. The molecule has 4 nitrogen and oxygen atoms in total. The third-order valence-electron chi connectivity index (χ3n) is 3.34. The van der Waals surface area contributed by atoms with Gasteiger partial charge in [-0.1, -0.05) is 0 Å². The number of amides is 1. The number of hydrogen-bond donors (Lipinski definition) is 2. The minimum Gasteiger partial charge on any atom is -0.491 e. The lowest BCUT2D eigenvalue weighted by atomic mass is 10.1. The fourth-order valence-electron chi connectivity index (χ4n) is 2.09. The van der Waals surface area contributed by atoms with Crippen LogP contribution in [0.5, 0.6) is 5.75 Å². The van der Waals surface area contributed by atoms with E-state index in [2.05, 4.69) is 10.6 Å². The van der Waals surface area contributed by atoms with Gasteiger partial charge in [0.1, 0.15) is 0 Å². The maximum atomic E-state index is 13.7. The molecule has 1 aromatic rings. The molecule has 0 radical (unpaired) electrons. The molecule has 1 aromatic carbocycles. The number of ether oxygens (including phenoxy) is 1. The number of hydrogen-bond acceptors (Lipinski definition) is 3. The van der Waals surface area contributed by atoms with E-state index in [1.807, 2.05) is 7.05 Å². The maximum absolute atomic E-state index is 13.7. The van der Waals surface area contributed by atoms with Crippen molar-refractivity contribution in [2.45, 2.75) is 19.8 Å². The van der Waals surface area contributed by atoms with Crippen LogP contribution in [0.1, 0.15) is 19.8 Å². The van der Waals surface area contributed by atoms with Gasteiger partial charge < -0.3 is 15.4 Å². The summed E-state index contributed by atoms with van der Waals surface area (Å²) in [4.78, 5) is 12.1. The second-order valence-corrected chi connectivity index (χ2v) is 4.84. The maximum Gasteiger partial charge on any atom is 0.231 e. The first-order valence-electron chi connectivity index (χ1n) is 6.50. The number of carbonyl (C=O) groups is 1. The predicted molar refractivity (Wildman–Crippen MR) is 71.8 cm³/mol. The van der Waals surface area contributed by atoms with Crippen molar-refractivity contribution >= 4 is 11.6 Å². The van der Waals surface area contributed by atoms with Crippen molar-refractivity contribution in [2.75, 3.05) is 25.5 Å². The number of carbonyl (C=O) groups excluding carboxylic acids is 1. The first-order chi connectivity index (χ1) is 9.11. The molecule has 0 bridgehead atoms. The van der Waals surface area contributed by atoms with Crippen LogP contribution in [-0.4, -0.2) is 26.1 Å². The lowest BCUT2D eigenvalue weighted by molar-refractivity contribution is -0.120. The summed E-state index contributed by atoms with van der Waals surface area (Å²) in [5, 5.41) is 5.78. The monoisotopic (exact) mass is 266 g/mol. The summed E-state index contributed by atoms with van der Waals surface area (Å²) in [6.45, 7) is 2.86. The van der Waals surface area contributed by atoms with E-state index in [1.54, 1.807) is 13.0 Å². The van der Waals surface area contributed by atoms with Gasteiger partial charge in [-0.15, -0.1) is 0 Å². The Morgan fingerprint density at radius 2 is 2.21 bits per heavy atom. The molecular formula is C14H19FN2O2. The van der Waals surface area contributed by atoms with Crippen molar-refractivity contribution in [3.05, 3.63) is 24.0 Å². The number of rotatable bonds is 6. The summed E-state index contributed by atoms with van der Waals surface area (Å²) in [5.74, 6) is -0.305. The zero-order valence-corrected chi connectivity index (χ0v) is 11.3. The Hall–Kier alpha value is -1.62. The van der Waals surface area contributed by atoms with E-state index >= 15 is 0 Å². The van der Waals surface area contributed by atoms with Crippen molar-refractivity contribution in [3.8, 4) is 5.75 Å². The van der Waals surface area contributed by atoms with Gasteiger partial charge in [0.2, 0.25) is 5.91 Å². The predicted octanol–water partition coefficient (Wildman–Crippen LogP) is 2.16. The Morgan fingerprint density at radius 1 is 1.47 bits per heavy atom. The van der Waals surface area contributed by atoms with Gasteiger partial charge >= 0.3 is 0 Å². The molecule has 0 unspecified atom stereocenters. The summed E-state index contributed by atoms with van der Waals surface area (Å²) in [6.07, 6.45) is 1.75. The molecule has 0 saturated heterocycles. The summed E-state index contributed by atoms with van der Waals surface area (Å²) in [6, 6.07) is 4.48. The van der Waals surface area contributed by atoms with E-state index in [9.17, 15) is 9.18 Å². The molecule has 104 valence electrons. The Bertz CT molecular complexity index is 473. The molecule has 2 N–H and O–H groups in total. The third-order valence-corrected chi connectivity index (χ3v) is 3.34. The highest BCUT2D eigenvalue weighted by Crippen LogP contribution is 2.45. The Morgan fingerprint density at radius 3 is 2.74 bits per heavy atom. The smallest absolute Gasteiger partial charge is 0.231 e. The van der Waals surface area contributed by atoms with Gasteiger partial charge in [0.15, 0.2) is 11.6 Å². The lowest BCUT2D eigenvalue weighted by Gasteiger charge is -2.15.